The van der Waals surface area contributed by atoms with Crippen LogP contribution in [0.3, 0.4) is 0 Å². The average Bonchev–Trinajstić information content (AvgIpc) is 2.79. The van der Waals surface area contributed by atoms with E-state index in [2.05, 4.69) is 26.6 Å². The minimum absolute atomic E-state index is 0.147. The van der Waals surface area contributed by atoms with Crippen LogP contribution in [0.15, 0.2) is 73.1 Å². The molecule has 6 nitrogen and oxygen atoms in total. The van der Waals surface area contributed by atoms with Crippen molar-refractivity contribution < 1.29 is 9.53 Å². The molecule has 2 N–H and O–H groups in total. The maximum absolute atomic E-state index is 12.5. The minimum Gasteiger partial charge on any atom is -0.378 e. The number of hydrogen-bond acceptors (Lipinski definition) is 5. The first-order chi connectivity index (χ1) is 14.3. The quantitative estimate of drug-likeness (QED) is 0.676. The number of rotatable bonds is 6. The van der Waals surface area contributed by atoms with Gasteiger partial charge in [0.2, 0.25) is 0 Å². The lowest BCUT2D eigenvalue weighted by Crippen LogP contribution is -2.36. The summed E-state index contributed by atoms with van der Waals surface area (Å²) >= 11 is 0. The van der Waals surface area contributed by atoms with Gasteiger partial charge in [0.05, 0.1) is 42.0 Å². The van der Waals surface area contributed by atoms with Gasteiger partial charge < -0.3 is 20.3 Å². The van der Waals surface area contributed by atoms with E-state index < -0.39 is 0 Å². The third-order valence-electron chi connectivity index (χ3n) is 4.83. The molecule has 6 heteroatoms. The number of carbonyl (C=O) groups is 1. The van der Waals surface area contributed by atoms with Crippen molar-refractivity contribution in [2.45, 2.75) is 6.54 Å². The van der Waals surface area contributed by atoms with Crippen molar-refractivity contribution in [1.82, 2.24) is 10.3 Å². The van der Waals surface area contributed by atoms with Gasteiger partial charge in [-0.1, -0.05) is 42.5 Å². The van der Waals surface area contributed by atoms with Gasteiger partial charge in [0.1, 0.15) is 0 Å². The zero-order chi connectivity index (χ0) is 19.9. The van der Waals surface area contributed by atoms with E-state index in [1.807, 2.05) is 54.6 Å². The summed E-state index contributed by atoms with van der Waals surface area (Å²) in [6.45, 7) is 3.66. The van der Waals surface area contributed by atoms with Gasteiger partial charge in [-0.15, -0.1) is 0 Å². The van der Waals surface area contributed by atoms with Crippen LogP contribution in [-0.2, 0) is 11.3 Å². The Bertz CT molecular complexity index is 956. The topological polar surface area (TPSA) is 66.5 Å². The number of amides is 1. The number of benzene rings is 2. The second-order valence-electron chi connectivity index (χ2n) is 6.87. The summed E-state index contributed by atoms with van der Waals surface area (Å²) in [4.78, 5) is 19.1. The second-order valence-corrected chi connectivity index (χ2v) is 6.87. The van der Waals surface area contributed by atoms with Crippen LogP contribution in [0.5, 0.6) is 0 Å². The Morgan fingerprint density at radius 2 is 1.76 bits per heavy atom. The summed E-state index contributed by atoms with van der Waals surface area (Å²) in [5.41, 5.74) is 4.46. The highest BCUT2D eigenvalue weighted by Gasteiger charge is 2.15. The van der Waals surface area contributed by atoms with Gasteiger partial charge >= 0.3 is 0 Å². The van der Waals surface area contributed by atoms with Gasteiger partial charge in [0.15, 0.2) is 0 Å². The Morgan fingerprint density at radius 1 is 1.00 bits per heavy atom. The van der Waals surface area contributed by atoms with E-state index in [-0.39, 0.29) is 5.91 Å². The highest BCUT2D eigenvalue weighted by molar-refractivity contribution is 5.95. The molecule has 3 aromatic rings. The van der Waals surface area contributed by atoms with E-state index in [0.29, 0.717) is 12.1 Å². The van der Waals surface area contributed by atoms with Crippen molar-refractivity contribution in [3.05, 3.63) is 84.2 Å². The smallest absolute Gasteiger partial charge is 0.253 e. The molecule has 1 saturated heterocycles. The first kappa shape index (κ1) is 19.0. The monoisotopic (exact) mass is 388 g/mol. The number of ether oxygens (including phenoxy) is 1. The zero-order valence-corrected chi connectivity index (χ0v) is 16.2. The zero-order valence-electron chi connectivity index (χ0n) is 16.2. The molecule has 29 heavy (non-hydrogen) atoms. The normalized spacial score (nSPS) is 13.7. The Labute approximate surface area is 170 Å². The molecule has 0 aliphatic carbocycles. The minimum atomic E-state index is -0.147. The van der Waals surface area contributed by atoms with E-state index >= 15 is 0 Å². The van der Waals surface area contributed by atoms with Crippen LogP contribution in [0.4, 0.5) is 17.1 Å². The number of para-hydroxylation sites is 2. The summed E-state index contributed by atoms with van der Waals surface area (Å²) in [6, 6.07) is 19.8. The number of aromatic nitrogens is 1. The van der Waals surface area contributed by atoms with Crippen LogP contribution >= 0.6 is 0 Å². The van der Waals surface area contributed by atoms with Crippen molar-refractivity contribution in [1.29, 1.82) is 0 Å². The van der Waals surface area contributed by atoms with Crippen molar-refractivity contribution in [3.8, 4) is 0 Å². The number of carbonyl (C=O) groups excluding carboxylic acids is 1. The molecule has 4 rings (SSSR count). The Hall–Kier alpha value is -3.38. The molecule has 1 amide bonds. The Kier molecular flexibility index (Phi) is 6.02. The molecule has 0 saturated carbocycles. The number of hydrogen-bond donors (Lipinski definition) is 2. The summed E-state index contributed by atoms with van der Waals surface area (Å²) in [7, 11) is 0. The molecular weight excluding hydrogens is 364 g/mol. The number of morpholine rings is 1. The average molecular weight is 388 g/mol. The van der Waals surface area contributed by atoms with E-state index in [0.717, 1.165) is 48.9 Å². The Balaban J connectivity index is 1.46. The highest BCUT2D eigenvalue weighted by atomic mass is 16.5. The van der Waals surface area contributed by atoms with Gasteiger partial charge in [-0.3, -0.25) is 9.78 Å². The molecule has 2 heterocycles. The molecule has 2 aromatic carbocycles. The van der Waals surface area contributed by atoms with E-state index in [1.54, 1.807) is 12.4 Å². The van der Waals surface area contributed by atoms with Gasteiger partial charge in [-0.05, 0) is 23.8 Å². The standard InChI is InChI=1S/C23H24N4O2/c28-23(25-15-18-6-2-1-3-7-18)19-14-20(17-24-16-19)26-21-8-4-5-9-22(21)27-10-12-29-13-11-27/h1-9,14,16-17,26H,10-13,15H2,(H,25,28). The molecule has 1 fully saturated rings. The summed E-state index contributed by atoms with van der Waals surface area (Å²) in [6.07, 6.45) is 3.31. The lowest BCUT2D eigenvalue weighted by Gasteiger charge is -2.30. The van der Waals surface area contributed by atoms with Crippen LogP contribution in [0.2, 0.25) is 0 Å². The molecule has 0 unspecified atom stereocenters. The van der Waals surface area contributed by atoms with Crippen LogP contribution < -0.4 is 15.5 Å². The fourth-order valence-corrected chi connectivity index (χ4v) is 3.33. The van der Waals surface area contributed by atoms with Crippen LogP contribution in [0.25, 0.3) is 0 Å². The predicted molar refractivity (Wildman–Crippen MR) is 115 cm³/mol. The first-order valence-electron chi connectivity index (χ1n) is 9.75. The SMILES string of the molecule is O=C(NCc1ccccc1)c1cncc(Nc2ccccc2N2CCOCC2)c1. The van der Waals surface area contributed by atoms with E-state index in [1.165, 1.54) is 0 Å². The lowest BCUT2D eigenvalue weighted by atomic mass is 10.2. The van der Waals surface area contributed by atoms with Crippen molar-refractivity contribution in [2.75, 3.05) is 36.5 Å². The molecule has 1 aliphatic heterocycles. The molecule has 1 aromatic heterocycles. The number of nitrogens with zero attached hydrogens (tertiary/aromatic N) is 2. The molecule has 1 aliphatic rings. The summed E-state index contributed by atoms with van der Waals surface area (Å²) in [5.74, 6) is -0.147. The van der Waals surface area contributed by atoms with Crippen LogP contribution in [-0.4, -0.2) is 37.2 Å². The molecule has 0 atom stereocenters. The van der Waals surface area contributed by atoms with Crippen LogP contribution in [0.1, 0.15) is 15.9 Å². The predicted octanol–water partition coefficient (Wildman–Crippen LogP) is 3.59. The van der Waals surface area contributed by atoms with Crippen molar-refractivity contribution >= 4 is 23.0 Å². The molecule has 148 valence electrons. The highest BCUT2D eigenvalue weighted by Crippen LogP contribution is 2.29. The number of pyridine rings is 1. The molecular formula is C23H24N4O2. The first-order valence-corrected chi connectivity index (χ1v) is 9.75. The van der Waals surface area contributed by atoms with E-state index in [4.69, 9.17) is 4.74 Å². The van der Waals surface area contributed by atoms with Gasteiger partial charge in [0, 0.05) is 25.8 Å². The molecule has 0 spiro atoms. The summed E-state index contributed by atoms with van der Waals surface area (Å²) < 4.78 is 5.46. The third-order valence-corrected chi connectivity index (χ3v) is 4.83. The fraction of sp³-hybridized carbons (Fsp3) is 0.217. The van der Waals surface area contributed by atoms with Gasteiger partial charge in [0.25, 0.3) is 5.91 Å². The third kappa shape index (κ3) is 4.92. The van der Waals surface area contributed by atoms with Crippen molar-refractivity contribution in [3.63, 3.8) is 0 Å². The molecule has 0 radical (unpaired) electrons. The van der Waals surface area contributed by atoms with Gasteiger partial charge in [-0.25, -0.2) is 0 Å². The Morgan fingerprint density at radius 3 is 2.59 bits per heavy atom. The maximum Gasteiger partial charge on any atom is 0.253 e. The van der Waals surface area contributed by atoms with Crippen molar-refractivity contribution in [2.24, 2.45) is 0 Å². The van der Waals surface area contributed by atoms with E-state index in [9.17, 15) is 4.79 Å². The largest absolute Gasteiger partial charge is 0.378 e. The lowest BCUT2D eigenvalue weighted by molar-refractivity contribution is 0.0950. The second kappa shape index (κ2) is 9.21. The summed E-state index contributed by atoms with van der Waals surface area (Å²) in [5, 5.41) is 6.35. The maximum atomic E-state index is 12.5. The number of anilines is 3. The number of nitrogens with one attached hydrogen (secondary N) is 2. The van der Waals surface area contributed by atoms with Gasteiger partial charge in [-0.2, -0.15) is 0 Å². The molecule has 0 bridgehead atoms. The fourth-order valence-electron chi connectivity index (χ4n) is 3.33. The van der Waals surface area contributed by atoms with Crippen LogP contribution in [0, 0.1) is 0 Å².